The highest BCUT2D eigenvalue weighted by molar-refractivity contribution is 6.30. The van der Waals surface area contributed by atoms with Gasteiger partial charge in [-0.2, -0.15) is 0 Å². The molecule has 0 unspecified atom stereocenters. The fourth-order valence-electron chi connectivity index (χ4n) is 1.77. The molecule has 0 saturated carbocycles. The number of ether oxygens (including phenoxy) is 2. The number of Topliss-reactive ketones (excluding diaryl/α,β-unsaturated/α-hetero) is 1. The SMILES string of the molecule is COc1cccc(Oc2cccc(Cl)c2)c1C(C)=O. The van der Waals surface area contributed by atoms with Crippen molar-refractivity contribution in [1.29, 1.82) is 0 Å². The zero-order chi connectivity index (χ0) is 13.8. The molecule has 2 rings (SSSR count). The maximum atomic E-state index is 11.7. The third-order valence-corrected chi connectivity index (χ3v) is 2.82. The summed E-state index contributed by atoms with van der Waals surface area (Å²) in [4.78, 5) is 11.7. The van der Waals surface area contributed by atoms with Crippen molar-refractivity contribution in [3.05, 3.63) is 53.1 Å². The fourth-order valence-corrected chi connectivity index (χ4v) is 1.95. The quantitative estimate of drug-likeness (QED) is 0.779. The summed E-state index contributed by atoms with van der Waals surface area (Å²) >= 11 is 5.90. The monoisotopic (exact) mass is 276 g/mol. The lowest BCUT2D eigenvalue weighted by Crippen LogP contribution is -2.00. The molecule has 0 atom stereocenters. The number of methoxy groups -OCH3 is 1. The zero-order valence-corrected chi connectivity index (χ0v) is 11.4. The van der Waals surface area contributed by atoms with Gasteiger partial charge in [0.15, 0.2) is 5.78 Å². The van der Waals surface area contributed by atoms with E-state index in [0.29, 0.717) is 27.8 Å². The number of hydrogen-bond acceptors (Lipinski definition) is 3. The minimum atomic E-state index is -0.116. The van der Waals surface area contributed by atoms with Crippen LogP contribution < -0.4 is 9.47 Å². The van der Waals surface area contributed by atoms with Crippen LogP contribution >= 0.6 is 11.6 Å². The van der Waals surface area contributed by atoms with Gasteiger partial charge >= 0.3 is 0 Å². The molecule has 0 aliphatic heterocycles. The molecule has 0 spiro atoms. The Labute approximate surface area is 116 Å². The van der Waals surface area contributed by atoms with Crippen LogP contribution in [-0.4, -0.2) is 12.9 Å². The van der Waals surface area contributed by atoms with E-state index in [1.165, 1.54) is 14.0 Å². The molecule has 0 aromatic heterocycles. The predicted molar refractivity (Wildman–Crippen MR) is 74.5 cm³/mol. The number of halogens is 1. The normalized spacial score (nSPS) is 10.1. The third kappa shape index (κ3) is 3.06. The van der Waals surface area contributed by atoms with E-state index in [1.807, 2.05) is 0 Å². The van der Waals surface area contributed by atoms with Gasteiger partial charge in [0.25, 0.3) is 0 Å². The Kier molecular flexibility index (Phi) is 4.07. The van der Waals surface area contributed by atoms with Crippen molar-refractivity contribution < 1.29 is 14.3 Å². The van der Waals surface area contributed by atoms with Crippen LogP contribution in [0.3, 0.4) is 0 Å². The second kappa shape index (κ2) is 5.76. The highest BCUT2D eigenvalue weighted by Gasteiger charge is 2.15. The number of carbonyl (C=O) groups excluding carboxylic acids is 1. The first-order valence-electron chi connectivity index (χ1n) is 5.73. The van der Waals surface area contributed by atoms with E-state index in [4.69, 9.17) is 21.1 Å². The van der Waals surface area contributed by atoms with E-state index in [9.17, 15) is 4.79 Å². The van der Waals surface area contributed by atoms with E-state index >= 15 is 0 Å². The third-order valence-electron chi connectivity index (χ3n) is 2.58. The Hall–Kier alpha value is -2.00. The van der Waals surface area contributed by atoms with E-state index in [-0.39, 0.29) is 5.78 Å². The van der Waals surface area contributed by atoms with Crippen LogP contribution in [0.15, 0.2) is 42.5 Å². The standard InChI is InChI=1S/C15H13ClO3/c1-10(17)15-13(18-2)7-4-8-14(15)19-12-6-3-5-11(16)9-12/h3-9H,1-2H3. The highest BCUT2D eigenvalue weighted by atomic mass is 35.5. The number of hydrogen-bond donors (Lipinski definition) is 0. The van der Waals surface area contributed by atoms with Gasteiger partial charge in [-0.25, -0.2) is 0 Å². The van der Waals surface area contributed by atoms with Gasteiger partial charge < -0.3 is 9.47 Å². The molecule has 2 aromatic rings. The number of rotatable bonds is 4. The zero-order valence-electron chi connectivity index (χ0n) is 10.6. The van der Waals surface area contributed by atoms with E-state index in [2.05, 4.69) is 0 Å². The summed E-state index contributed by atoms with van der Waals surface area (Å²) in [6.07, 6.45) is 0. The Balaban J connectivity index is 2.42. The van der Waals surface area contributed by atoms with Crippen LogP contribution in [0.5, 0.6) is 17.2 Å². The predicted octanol–water partition coefficient (Wildman–Crippen LogP) is 4.34. The lowest BCUT2D eigenvalue weighted by molar-refractivity contribution is 0.101. The largest absolute Gasteiger partial charge is 0.496 e. The molecule has 4 heteroatoms. The van der Waals surface area contributed by atoms with Crippen LogP contribution in [0.1, 0.15) is 17.3 Å². The van der Waals surface area contributed by atoms with Gasteiger partial charge in [-0.1, -0.05) is 23.7 Å². The highest BCUT2D eigenvalue weighted by Crippen LogP contribution is 2.32. The molecule has 19 heavy (non-hydrogen) atoms. The molecular weight excluding hydrogens is 264 g/mol. The maximum Gasteiger partial charge on any atom is 0.167 e. The molecule has 0 fully saturated rings. The van der Waals surface area contributed by atoms with Crippen LogP contribution in [0.25, 0.3) is 0 Å². The fraction of sp³-hybridized carbons (Fsp3) is 0.133. The number of benzene rings is 2. The maximum absolute atomic E-state index is 11.7. The van der Waals surface area contributed by atoms with Crippen molar-refractivity contribution in [3.63, 3.8) is 0 Å². The molecule has 2 aromatic carbocycles. The summed E-state index contributed by atoms with van der Waals surface area (Å²) in [5, 5.41) is 0.574. The first kappa shape index (κ1) is 13.4. The topological polar surface area (TPSA) is 35.5 Å². The van der Waals surface area contributed by atoms with Gasteiger partial charge in [-0.3, -0.25) is 4.79 Å². The smallest absolute Gasteiger partial charge is 0.167 e. The minimum Gasteiger partial charge on any atom is -0.496 e. The number of ketones is 1. The summed E-state index contributed by atoms with van der Waals surface area (Å²) in [6.45, 7) is 1.47. The Morgan fingerprint density at radius 1 is 1.11 bits per heavy atom. The van der Waals surface area contributed by atoms with Gasteiger partial charge in [0.1, 0.15) is 22.8 Å². The lowest BCUT2D eigenvalue weighted by Gasteiger charge is -2.12. The summed E-state index contributed by atoms with van der Waals surface area (Å²) in [7, 11) is 1.52. The van der Waals surface area contributed by atoms with Crippen molar-refractivity contribution in [1.82, 2.24) is 0 Å². The second-order valence-electron chi connectivity index (χ2n) is 3.95. The van der Waals surface area contributed by atoms with Gasteiger partial charge in [0.2, 0.25) is 0 Å². The molecule has 0 aliphatic carbocycles. The second-order valence-corrected chi connectivity index (χ2v) is 4.39. The van der Waals surface area contributed by atoms with Gasteiger partial charge in [-0.05, 0) is 37.3 Å². The lowest BCUT2D eigenvalue weighted by atomic mass is 10.1. The molecule has 0 heterocycles. The Bertz CT molecular complexity index is 608. The average Bonchev–Trinajstić information content (AvgIpc) is 2.38. The van der Waals surface area contributed by atoms with Gasteiger partial charge in [0, 0.05) is 5.02 Å². The molecule has 0 radical (unpaired) electrons. The molecule has 0 bridgehead atoms. The van der Waals surface area contributed by atoms with Crippen LogP contribution in [0.4, 0.5) is 0 Å². The molecule has 98 valence electrons. The van der Waals surface area contributed by atoms with Gasteiger partial charge in [-0.15, -0.1) is 0 Å². The minimum absolute atomic E-state index is 0.116. The van der Waals surface area contributed by atoms with Crippen molar-refractivity contribution in [2.24, 2.45) is 0 Å². The summed E-state index contributed by atoms with van der Waals surface area (Å²) in [5.74, 6) is 1.40. The number of carbonyl (C=O) groups is 1. The van der Waals surface area contributed by atoms with Gasteiger partial charge in [0.05, 0.1) is 7.11 Å². The van der Waals surface area contributed by atoms with Crippen molar-refractivity contribution in [2.45, 2.75) is 6.92 Å². The van der Waals surface area contributed by atoms with Crippen LogP contribution in [0.2, 0.25) is 5.02 Å². The molecule has 0 saturated heterocycles. The Morgan fingerprint density at radius 2 is 1.79 bits per heavy atom. The van der Waals surface area contributed by atoms with Crippen molar-refractivity contribution in [3.8, 4) is 17.2 Å². The molecular formula is C15H13ClO3. The van der Waals surface area contributed by atoms with Crippen molar-refractivity contribution >= 4 is 17.4 Å². The Morgan fingerprint density at radius 3 is 2.42 bits per heavy atom. The molecule has 0 N–H and O–H groups in total. The summed E-state index contributed by atoms with van der Waals surface area (Å²) < 4.78 is 10.9. The molecule has 0 amide bonds. The van der Waals surface area contributed by atoms with Crippen molar-refractivity contribution in [2.75, 3.05) is 7.11 Å². The average molecular weight is 277 g/mol. The van der Waals surface area contributed by atoms with E-state index < -0.39 is 0 Å². The summed E-state index contributed by atoms with van der Waals surface area (Å²) in [6, 6.07) is 12.2. The van der Waals surface area contributed by atoms with Crippen LogP contribution in [-0.2, 0) is 0 Å². The summed E-state index contributed by atoms with van der Waals surface area (Å²) in [5.41, 5.74) is 0.421. The first-order valence-corrected chi connectivity index (χ1v) is 6.11. The van der Waals surface area contributed by atoms with E-state index in [1.54, 1.807) is 42.5 Å². The van der Waals surface area contributed by atoms with E-state index in [0.717, 1.165) is 0 Å². The molecule has 3 nitrogen and oxygen atoms in total. The van der Waals surface area contributed by atoms with Crippen LogP contribution in [0, 0.1) is 0 Å². The first-order chi connectivity index (χ1) is 9.11. The molecule has 0 aliphatic rings.